The van der Waals surface area contributed by atoms with Crippen molar-refractivity contribution in [3.63, 3.8) is 0 Å². The molecule has 0 aliphatic rings. The lowest BCUT2D eigenvalue weighted by Gasteiger charge is -2.14. The number of amides is 3. The normalized spacial score (nSPS) is 10.5. The minimum Gasteiger partial charge on any atom is -0.465 e. The lowest BCUT2D eigenvalue weighted by Crippen LogP contribution is -2.33. The first-order valence-electron chi connectivity index (χ1n) is 10.8. The van der Waals surface area contributed by atoms with E-state index < -0.39 is 12.0 Å². The van der Waals surface area contributed by atoms with Crippen LogP contribution in [-0.2, 0) is 0 Å². The largest absolute Gasteiger partial charge is 0.465 e. The average molecular weight is 470 g/mol. The van der Waals surface area contributed by atoms with E-state index in [0.29, 0.717) is 16.8 Å². The van der Waals surface area contributed by atoms with Gasteiger partial charge in [0.25, 0.3) is 11.8 Å². The number of carboxylic acid groups (broad SMARTS) is 1. The van der Waals surface area contributed by atoms with Gasteiger partial charge in [-0.3, -0.25) is 14.6 Å². The molecule has 0 atom stereocenters. The molecule has 6 N–H and O–H groups in total. The molecule has 9 heteroatoms. The third-order valence-corrected chi connectivity index (χ3v) is 5.34. The molecule has 4 rings (SSSR count). The van der Waals surface area contributed by atoms with Crippen molar-refractivity contribution in [3.8, 4) is 11.1 Å². The van der Waals surface area contributed by atoms with Gasteiger partial charge in [-0.2, -0.15) is 0 Å². The maximum Gasteiger partial charge on any atom is 0.404 e. The van der Waals surface area contributed by atoms with Gasteiger partial charge in [0.2, 0.25) is 0 Å². The molecule has 3 amide bonds. The fourth-order valence-electron chi connectivity index (χ4n) is 3.62. The van der Waals surface area contributed by atoms with Crippen LogP contribution in [0.15, 0.2) is 79.0 Å². The number of carbonyl (C=O) groups excluding carboxylic acids is 2. The minimum absolute atomic E-state index is 0.122. The highest BCUT2D eigenvalue weighted by atomic mass is 16.4. The smallest absolute Gasteiger partial charge is 0.404 e. The number of nitrogens with two attached hydrogens (primary N) is 1. The Morgan fingerprint density at radius 2 is 1.54 bits per heavy atom. The Morgan fingerprint density at radius 1 is 0.857 bits per heavy atom. The van der Waals surface area contributed by atoms with Crippen LogP contribution >= 0.6 is 0 Å². The van der Waals surface area contributed by atoms with E-state index in [0.717, 1.165) is 22.2 Å². The summed E-state index contributed by atoms with van der Waals surface area (Å²) in [5.41, 5.74) is 10.2. The summed E-state index contributed by atoms with van der Waals surface area (Å²) < 4.78 is 0. The zero-order valence-electron chi connectivity index (χ0n) is 18.6. The highest BCUT2D eigenvalue weighted by Crippen LogP contribution is 2.32. The van der Waals surface area contributed by atoms with Gasteiger partial charge in [0, 0.05) is 35.9 Å². The molecule has 3 aromatic carbocycles. The third kappa shape index (κ3) is 5.53. The molecule has 35 heavy (non-hydrogen) atoms. The quantitative estimate of drug-likeness (QED) is 0.248. The van der Waals surface area contributed by atoms with Crippen LogP contribution in [0, 0.1) is 0 Å². The number of benzene rings is 3. The molecule has 0 fully saturated rings. The van der Waals surface area contributed by atoms with Crippen LogP contribution in [0.5, 0.6) is 0 Å². The molecule has 0 saturated carbocycles. The van der Waals surface area contributed by atoms with E-state index in [4.69, 9.17) is 10.8 Å². The second kappa shape index (κ2) is 10.3. The van der Waals surface area contributed by atoms with E-state index in [1.54, 1.807) is 12.1 Å². The van der Waals surface area contributed by atoms with Crippen molar-refractivity contribution in [2.24, 2.45) is 5.73 Å². The Bertz CT molecular complexity index is 1390. The van der Waals surface area contributed by atoms with Crippen LogP contribution in [0.2, 0.25) is 0 Å². The van der Waals surface area contributed by atoms with Gasteiger partial charge in [-0.05, 0) is 47.5 Å². The summed E-state index contributed by atoms with van der Waals surface area (Å²) in [6.07, 6.45) is 0.328. The number of hydrogen-bond acceptors (Lipinski definition) is 5. The Labute approximate surface area is 201 Å². The van der Waals surface area contributed by atoms with E-state index in [9.17, 15) is 14.4 Å². The van der Waals surface area contributed by atoms with Crippen molar-refractivity contribution in [1.82, 2.24) is 15.6 Å². The van der Waals surface area contributed by atoms with Crippen LogP contribution in [0.25, 0.3) is 22.0 Å². The highest BCUT2D eigenvalue weighted by Gasteiger charge is 2.15. The van der Waals surface area contributed by atoms with Crippen molar-refractivity contribution in [2.75, 3.05) is 18.4 Å². The average Bonchev–Trinajstić information content (AvgIpc) is 2.87. The van der Waals surface area contributed by atoms with Gasteiger partial charge in [0.05, 0.1) is 16.8 Å². The standard InChI is InChI=1S/C26H23N5O4/c27-24(32)21-15-30-22-11-10-18(14-20(22)23(21)31-19-4-2-1-3-5-19)16-6-8-17(9-7-16)25(33)28-12-13-29-26(34)35/h1-11,14-15,29H,12-13H2,(H2,27,32)(H,28,33)(H,30,31)(H,34,35). The van der Waals surface area contributed by atoms with Crippen molar-refractivity contribution in [2.45, 2.75) is 0 Å². The van der Waals surface area contributed by atoms with Gasteiger partial charge in [-0.25, -0.2) is 4.79 Å². The molecule has 1 aromatic heterocycles. The summed E-state index contributed by atoms with van der Waals surface area (Å²) >= 11 is 0. The molecular weight excluding hydrogens is 446 g/mol. The van der Waals surface area contributed by atoms with Crippen molar-refractivity contribution in [1.29, 1.82) is 0 Å². The number of carbonyl (C=O) groups is 3. The highest BCUT2D eigenvalue weighted by molar-refractivity contribution is 6.08. The maximum atomic E-state index is 12.3. The molecule has 1 heterocycles. The first-order valence-corrected chi connectivity index (χ1v) is 10.8. The molecule has 176 valence electrons. The monoisotopic (exact) mass is 469 g/mol. The SMILES string of the molecule is NC(=O)c1cnc2ccc(-c3ccc(C(=O)NCCNC(=O)O)cc3)cc2c1Nc1ccccc1. The summed E-state index contributed by atoms with van der Waals surface area (Å²) in [5, 5.41) is 17.5. The predicted octanol–water partition coefficient (Wildman–Crippen LogP) is 3.74. The number of pyridine rings is 1. The summed E-state index contributed by atoms with van der Waals surface area (Å²) in [4.78, 5) is 39.3. The van der Waals surface area contributed by atoms with Gasteiger partial charge >= 0.3 is 6.09 Å². The van der Waals surface area contributed by atoms with Crippen LogP contribution in [0.4, 0.5) is 16.2 Å². The molecule has 9 nitrogen and oxygen atoms in total. The van der Waals surface area contributed by atoms with E-state index in [2.05, 4.69) is 20.9 Å². The number of fused-ring (bicyclic) bond motifs is 1. The van der Waals surface area contributed by atoms with Gasteiger partial charge in [-0.1, -0.05) is 36.4 Å². The van der Waals surface area contributed by atoms with Crippen LogP contribution < -0.4 is 21.7 Å². The van der Waals surface area contributed by atoms with Crippen LogP contribution in [-0.4, -0.2) is 41.1 Å². The maximum absolute atomic E-state index is 12.3. The number of hydrogen-bond donors (Lipinski definition) is 5. The fourth-order valence-corrected chi connectivity index (χ4v) is 3.62. The first-order chi connectivity index (χ1) is 16.9. The summed E-state index contributed by atoms with van der Waals surface area (Å²) in [5.74, 6) is -0.885. The lowest BCUT2D eigenvalue weighted by atomic mass is 10.00. The van der Waals surface area contributed by atoms with Crippen molar-refractivity contribution in [3.05, 3.63) is 90.1 Å². The van der Waals surface area contributed by atoms with Crippen molar-refractivity contribution >= 4 is 40.2 Å². The Morgan fingerprint density at radius 3 is 2.23 bits per heavy atom. The summed E-state index contributed by atoms with van der Waals surface area (Å²) in [6.45, 7) is 0.306. The molecule has 0 radical (unpaired) electrons. The summed E-state index contributed by atoms with van der Waals surface area (Å²) in [7, 11) is 0. The molecule has 0 aliphatic carbocycles. The van der Waals surface area contributed by atoms with Crippen molar-refractivity contribution < 1.29 is 19.5 Å². The molecule has 0 spiro atoms. The van der Waals surface area contributed by atoms with Crippen LogP contribution in [0.1, 0.15) is 20.7 Å². The van der Waals surface area contributed by atoms with Crippen LogP contribution in [0.3, 0.4) is 0 Å². The molecule has 4 aromatic rings. The molecule has 0 unspecified atom stereocenters. The van der Waals surface area contributed by atoms with Gasteiger partial charge < -0.3 is 26.8 Å². The summed E-state index contributed by atoms with van der Waals surface area (Å²) in [6, 6.07) is 22.2. The topological polar surface area (TPSA) is 146 Å². The molecular formula is C26H23N5O4. The molecule has 0 aliphatic heterocycles. The van der Waals surface area contributed by atoms with E-state index >= 15 is 0 Å². The Kier molecular flexibility index (Phi) is 6.87. The predicted molar refractivity (Wildman–Crippen MR) is 134 cm³/mol. The number of primary amides is 1. The second-order valence-electron chi connectivity index (χ2n) is 7.70. The number of para-hydroxylation sites is 1. The number of anilines is 2. The number of aromatic nitrogens is 1. The number of nitrogens with one attached hydrogen (secondary N) is 3. The van der Waals surface area contributed by atoms with E-state index in [-0.39, 0.29) is 24.6 Å². The molecule has 0 saturated heterocycles. The van der Waals surface area contributed by atoms with Gasteiger partial charge in [0.1, 0.15) is 0 Å². The van der Waals surface area contributed by atoms with E-state index in [1.165, 1.54) is 6.20 Å². The molecule has 0 bridgehead atoms. The van der Waals surface area contributed by atoms with Gasteiger partial charge in [-0.15, -0.1) is 0 Å². The third-order valence-electron chi connectivity index (χ3n) is 5.34. The lowest BCUT2D eigenvalue weighted by molar-refractivity contribution is 0.0952. The Balaban J connectivity index is 1.62. The zero-order chi connectivity index (χ0) is 24.8. The Hall–Kier alpha value is -4.92. The first kappa shape index (κ1) is 23.2. The van der Waals surface area contributed by atoms with Gasteiger partial charge in [0.15, 0.2) is 0 Å². The minimum atomic E-state index is -1.14. The van der Waals surface area contributed by atoms with E-state index in [1.807, 2.05) is 60.7 Å². The number of nitrogens with zero attached hydrogens (tertiary/aromatic N) is 1. The second-order valence-corrected chi connectivity index (χ2v) is 7.70. The fraction of sp³-hybridized carbons (Fsp3) is 0.0769. The zero-order valence-corrected chi connectivity index (χ0v) is 18.6. The number of rotatable bonds is 8.